The van der Waals surface area contributed by atoms with E-state index >= 15 is 0 Å². The second-order valence-electron chi connectivity index (χ2n) is 6.71. The van der Waals surface area contributed by atoms with Gasteiger partial charge in [-0.3, -0.25) is 0 Å². The smallest absolute Gasteiger partial charge is 0.0365 e. The molecule has 0 N–H and O–H groups in total. The van der Waals surface area contributed by atoms with Crippen molar-refractivity contribution in [2.45, 2.75) is 86.5 Å². The molecule has 0 spiro atoms. The van der Waals surface area contributed by atoms with Gasteiger partial charge in [0.15, 0.2) is 0 Å². The third-order valence-electron chi connectivity index (χ3n) is 4.15. The fourth-order valence-corrected chi connectivity index (χ4v) is 3.05. The van der Waals surface area contributed by atoms with Gasteiger partial charge < -0.3 is 0 Å². The maximum atomic E-state index is 2.46. The third kappa shape index (κ3) is 8.69. The minimum Gasteiger partial charge on any atom is -0.0654 e. The van der Waals surface area contributed by atoms with Crippen molar-refractivity contribution in [1.29, 1.82) is 0 Å². The van der Waals surface area contributed by atoms with Crippen LogP contribution in [0.15, 0.2) is 0 Å². The van der Waals surface area contributed by atoms with E-state index in [2.05, 4.69) is 41.5 Å². The molecule has 0 rings (SSSR count). The molecule has 17 heavy (non-hydrogen) atoms. The van der Waals surface area contributed by atoms with Crippen molar-refractivity contribution in [3.05, 3.63) is 0 Å². The molecule has 0 aromatic heterocycles. The number of rotatable bonds is 10. The molecule has 0 radical (unpaired) electrons. The van der Waals surface area contributed by atoms with Gasteiger partial charge in [-0.05, 0) is 30.1 Å². The zero-order valence-electron chi connectivity index (χ0n) is 13.3. The minimum absolute atomic E-state index is 0.863. The van der Waals surface area contributed by atoms with E-state index in [9.17, 15) is 0 Å². The van der Waals surface area contributed by atoms with Crippen molar-refractivity contribution >= 4 is 0 Å². The first-order valence-corrected chi connectivity index (χ1v) is 7.99. The fraction of sp³-hybridized carbons (Fsp3) is 1.00. The Balaban J connectivity index is 3.78. The molecule has 0 aliphatic rings. The molecule has 0 nitrogen and oxygen atoms in total. The summed E-state index contributed by atoms with van der Waals surface area (Å²) < 4.78 is 0. The van der Waals surface area contributed by atoms with Gasteiger partial charge in [0.1, 0.15) is 0 Å². The Morgan fingerprint density at radius 1 is 0.706 bits per heavy atom. The van der Waals surface area contributed by atoms with E-state index in [1.165, 1.54) is 44.9 Å². The topological polar surface area (TPSA) is 0 Å². The highest BCUT2D eigenvalue weighted by atomic mass is 14.2. The lowest BCUT2D eigenvalue weighted by molar-refractivity contribution is 0.233. The van der Waals surface area contributed by atoms with Gasteiger partial charge >= 0.3 is 0 Å². The summed E-state index contributed by atoms with van der Waals surface area (Å²) in [5.41, 5.74) is 0. The van der Waals surface area contributed by atoms with Gasteiger partial charge in [0.2, 0.25) is 0 Å². The first kappa shape index (κ1) is 17.0. The first-order chi connectivity index (χ1) is 7.99. The van der Waals surface area contributed by atoms with Gasteiger partial charge in [0.25, 0.3) is 0 Å². The van der Waals surface area contributed by atoms with Gasteiger partial charge in [-0.2, -0.15) is 0 Å². The molecule has 0 heteroatoms. The monoisotopic (exact) mass is 240 g/mol. The summed E-state index contributed by atoms with van der Waals surface area (Å²) in [4.78, 5) is 0. The Hall–Kier alpha value is 0. The van der Waals surface area contributed by atoms with Crippen LogP contribution >= 0.6 is 0 Å². The van der Waals surface area contributed by atoms with E-state index in [1.54, 1.807) is 0 Å². The van der Waals surface area contributed by atoms with Crippen LogP contribution in [0.4, 0.5) is 0 Å². The van der Waals surface area contributed by atoms with Gasteiger partial charge in [0, 0.05) is 0 Å². The molecule has 0 saturated carbocycles. The standard InChI is InChI=1S/C17H36/c1-7-11-16(6)17(15(4)5)13-10-8-9-12-14(2)3/h14-17H,7-13H2,1-6H3. The lowest BCUT2D eigenvalue weighted by atomic mass is 9.79. The maximum Gasteiger partial charge on any atom is -0.0365 e. The van der Waals surface area contributed by atoms with E-state index in [-0.39, 0.29) is 0 Å². The molecule has 0 aromatic rings. The summed E-state index contributed by atoms with van der Waals surface area (Å²) in [5, 5.41) is 0. The molecule has 2 atom stereocenters. The zero-order chi connectivity index (χ0) is 13.3. The van der Waals surface area contributed by atoms with Gasteiger partial charge in [-0.25, -0.2) is 0 Å². The van der Waals surface area contributed by atoms with Crippen LogP contribution in [0.2, 0.25) is 0 Å². The molecule has 0 heterocycles. The Morgan fingerprint density at radius 3 is 1.76 bits per heavy atom. The molecule has 0 aliphatic carbocycles. The first-order valence-electron chi connectivity index (χ1n) is 7.99. The molecule has 2 unspecified atom stereocenters. The van der Waals surface area contributed by atoms with Crippen molar-refractivity contribution in [3.63, 3.8) is 0 Å². The summed E-state index contributed by atoms with van der Waals surface area (Å²) in [6.07, 6.45) is 9.95. The highest BCUT2D eigenvalue weighted by molar-refractivity contribution is 4.70. The predicted molar refractivity (Wildman–Crippen MR) is 80.3 cm³/mol. The molecule has 0 aromatic carbocycles. The van der Waals surface area contributed by atoms with Crippen molar-refractivity contribution < 1.29 is 0 Å². The summed E-state index contributed by atoms with van der Waals surface area (Å²) in [5.74, 6) is 3.62. The van der Waals surface area contributed by atoms with Crippen LogP contribution in [0.3, 0.4) is 0 Å². The van der Waals surface area contributed by atoms with E-state index in [0.29, 0.717) is 0 Å². The summed E-state index contributed by atoms with van der Waals surface area (Å²) in [7, 11) is 0. The second-order valence-corrected chi connectivity index (χ2v) is 6.71. The predicted octanol–water partition coefficient (Wildman–Crippen LogP) is 6.30. The van der Waals surface area contributed by atoms with Crippen LogP contribution < -0.4 is 0 Å². The Kier molecular flexibility index (Phi) is 9.97. The summed E-state index contributed by atoms with van der Waals surface area (Å²) >= 11 is 0. The van der Waals surface area contributed by atoms with Crippen LogP contribution in [-0.4, -0.2) is 0 Å². The molecular formula is C17H36. The van der Waals surface area contributed by atoms with Crippen LogP contribution in [0.1, 0.15) is 86.5 Å². The van der Waals surface area contributed by atoms with Crippen molar-refractivity contribution in [1.82, 2.24) is 0 Å². The van der Waals surface area contributed by atoms with E-state index in [0.717, 1.165) is 23.7 Å². The number of hydrogen-bond donors (Lipinski definition) is 0. The van der Waals surface area contributed by atoms with Crippen LogP contribution in [0, 0.1) is 23.7 Å². The molecule has 0 saturated heterocycles. The van der Waals surface area contributed by atoms with Crippen molar-refractivity contribution in [2.24, 2.45) is 23.7 Å². The zero-order valence-corrected chi connectivity index (χ0v) is 13.3. The Morgan fingerprint density at radius 2 is 1.29 bits per heavy atom. The molecule has 0 bridgehead atoms. The molecule has 0 fully saturated rings. The van der Waals surface area contributed by atoms with Gasteiger partial charge in [-0.1, -0.05) is 80.1 Å². The molecule has 104 valence electrons. The minimum atomic E-state index is 0.863. The second kappa shape index (κ2) is 9.97. The number of unbranched alkanes of at least 4 members (excludes halogenated alkanes) is 2. The highest BCUT2D eigenvalue weighted by Crippen LogP contribution is 2.29. The Labute approximate surface area is 111 Å². The molecule has 0 aliphatic heterocycles. The largest absolute Gasteiger partial charge is 0.0654 e. The van der Waals surface area contributed by atoms with Gasteiger partial charge in [0.05, 0.1) is 0 Å². The quantitative estimate of drug-likeness (QED) is 0.393. The van der Waals surface area contributed by atoms with Gasteiger partial charge in [-0.15, -0.1) is 0 Å². The van der Waals surface area contributed by atoms with Crippen molar-refractivity contribution in [2.75, 3.05) is 0 Å². The normalized spacial score (nSPS) is 15.5. The number of hydrogen-bond acceptors (Lipinski definition) is 0. The van der Waals surface area contributed by atoms with E-state index < -0.39 is 0 Å². The fourth-order valence-electron chi connectivity index (χ4n) is 3.05. The molecule has 0 amide bonds. The average Bonchev–Trinajstić information content (AvgIpc) is 2.22. The third-order valence-corrected chi connectivity index (χ3v) is 4.15. The van der Waals surface area contributed by atoms with Crippen molar-refractivity contribution in [3.8, 4) is 0 Å². The summed E-state index contributed by atoms with van der Waals surface area (Å²) in [6.45, 7) is 14.3. The molecular weight excluding hydrogens is 204 g/mol. The highest BCUT2D eigenvalue weighted by Gasteiger charge is 2.19. The average molecular weight is 240 g/mol. The lowest BCUT2D eigenvalue weighted by Crippen LogP contribution is -2.17. The Bertz CT molecular complexity index is 157. The summed E-state index contributed by atoms with van der Waals surface area (Å²) in [6, 6.07) is 0. The van der Waals surface area contributed by atoms with Crippen LogP contribution in [0.25, 0.3) is 0 Å². The maximum absolute atomic E-state index is 2.46. The van der Waals surface area contributed by atoms with E-state index in [4.69, 9.17) is 0 Å². The SMILES string of the molecule is CCCC(C)C(CCCCCC(C)C)C(C)C. The van der Waals surface area contributed by atoms with E-state index in [1.807, 2.05) is 0 Å². The van der Waals surface area contributed by atoms with Crippen LogP contribution in [0.5, 0.6) is 0 Å². The lowest BCUT2D eigenvalue weighted by Gasteiger charge is -2.27. The van der Waals surface area contributed by atoms with Crippen LogP contribution in [-0.2, 0) is 0 Å².